The maximum absolute atomic E-state index is 13.6. The fraction of sp³-hybridized carbons (Fsp3) is 0.174. The molecule has 0 saturated carbocycles. The van der Waals surface area contributed by atoms with E-state index in [1.165, 1.54) is 28.1 Å². The molecule has 4 nitrogen and oxygen atoms in total. The number of nitrogens with one attached hydrogen (secondary N) is 2. The Morgan fingerprint density at radius 3 is 2.89 bits per heavy atom. The highest BCUT2D eigenvalue weighted by Gasteiger charge is 2.18. The summed E-state index contributed by atoms with van der Waals surface area (Å²) in [6.45, 7) is 2.67. The van der Waals surface area contributed by atoms with Gasteiger partial charge >= 0.3 is 0 Å². The average Bonchev–Trinajstić information content (AvgIpc) is 3.36. The second kappa shape index (κ2) is 7.09. The molecule has 1 aliphatic rings. The summed E-state index contributed by atoms with van der Waals surface area (Å²) in [5.41, 5.74) is 6.70. The molecule has 28 heavy (non-hydrogen) atoms. The van der Waals surface area contributed by atoms with E-state index in [0.717, 1.165) is 42.9 Å². The predicted octanol–water partition coefficient (Wildman–Crippen LogP) is 4.99. The molecule has 1 aliphatic heterocycles. The van der Waals surface area contributed by atoms with Crippen LogP contribution in [0.2, 0.25) is 0 Å². The highest BCUT2D eigenvalue weighted by molar-refractivity contribution is 5.92. The van der Waals surface area contributed by atoms with Gasteiger partial charge in [0.05, 0.1) is 11.9 Å². The van der Waals surface area contributed by atoms with Crippen molar-refractivity contribution in [2.45, 2.75) is 13.0 Å². The summed E-state index contributed by atoms with van der Waals surface area (Å²) >= 11 is 0. The number of hydrogen-bond acceptors (Lipinski definition) is 2. The van der Waals surface area contributed by atoms with Crippen molar-refractivity contribution in [1.29, 1.82) is 0 Å². The number of benzene rings is 2. The lowest BCUT2D eigenvalue weighted by Crippen LogP contribution is -2.28. The number of aromatic nitrogens is 3. The van der Waals surface area contributed by atoms with Crippen LogP contribution in [0, 0.1) is 5.82 Å². The quantitative estimate of drug-likeness (QED) is 0.530. The summed E-state index contributed by atoms with van der Waals surface area (Å²) in [5.74, 6) is -0.234. The zero-order valence-electron chi connectivity index (χ0n) is 15.5. The van der Waals surface area contributed by atoms with E-state index in [1.54, 1.807) is 12.1 Å². The van der Waals surface area contributed by atoms with Crippen LogP contribution in [0.15, 0.2) is 67.0 Å². The topological polar surface area (TPSA) is 47.7 Å². The van der Waals surface area contributed by atoms with Crippen LogP contribution in [0.5, 0.6) is 0 Å². The van der Waals surface area contributed by atoms with Crippen LogP contribution in [-0.4, -0.2) is 33.2 Å². The monoisotopic (exact) mass is 372 g/mol. The van der Waals surface area contributed by atoms with Gasteiger partial charge in [0.15, 0.2) is 0 Å². The molecule has 0 bridgehead atoms. The standard InChI is InChI=1S/C23H21FN4/c24-19-5-3-4-17(12-19)23-18(13-26-27-23)15-28-10-8-16(9-11-28)21-14-25-22-7-2-1-6-20(21)22/h1-8,12-14,25H,9-11,15H2,(H,26,27). The van der Waals surface area contributed by atoms with Gasteiger partial charge in [-0.1, -0.05) is 36.4 Å². The number of fused-ring (bicyclic) bond motifs is 1. The Kier molecular flexibility index (Phi) is 4.29. The van der Waals surface area contributed by atoms with E-state index in [2.05, 4.69) is 56.6 Å². The minimum atomic E-state index is -0.234. The first kappa shape index (κ1) is 17.0. The SMILES string of the molecule is Fc1cccc(-c2[nH]ncc2CN2CC=C(c3c[nH]c4ccccc34)CC2)c1. The molecule has 3 heterocycles. The van der Waals surface area contributed by atoms with Gasteiger partial charge in [0.2, 0.25) is 0 Å². The first-order valence-corrected chi connectivity index (χ1v) is 9.54. The van der Waals surface area contributed by atoms with Gasteiger partial charge in [0.25, 0.3) is 0 Å². The largest absolute Gasteiger partial charge is 0.361 e. The van der Waals surface area contributed by atoms with Crippen molar-refractivity contribution >= 4 is 16.5 Å². The molecule has 0 spiro atoms. The average molecular weight is 372 g/mol. The Labute approximate surface area is 162 Å². The molecule has 2 aromatic heterocycles. The molecule has 0 radical (unpaired) electrons. The summed E-state index contributed by atoms with van der Waals surface area (Å²) in [5, 5.41) is 8.50. The van der Waals surface area contributed by atoms with Crippen molar-refractivity contribution in [2.24, 2.45) is 0 Å². The maximum Gasteiger partial charge on any atom is 0.123 e. The summed E-state index contributed by atoms with van der Waals surface area (Å²) in [4.78, 5) is 5.76. The molecule has 0 amide bonds. The number of aromatic amines is 2. The van der Waals surface area contributed by atoms with E-state index in [-0.39, 0.29) is 5.82 Å². The van der Waals surface area contributed by atoms with Gasteiger partial charge in [-0.2, -0.15) is 5.10 Å². The van der Waals surface area contributed by atoms with Gasteiger partial charge in [0.1, 0.15) is 5.82 Å². The van der Waals surface area contributed by atoms with Crippen molar-refractivity contribution in [1.82, 2.24) is 20.1 Å². The van der Waals surface area contributed by atoms with Crippen LogP contribution < -0.4 is 0 Å². The normalized spacial score (nSPS) is 15.1. The van der Waals surface area contributed by atoms with Crippen LogP contribution in [-0.2, 0) is 6.54 Å². The second-order valence-corrected chi connectivity index (χ2v) is 7.24. The second-order valence-electron chi connectivity index (χ2n) is 7.24. The number of halogens is 1. The van der Waals surface area contributed by atoms with Gasteiger partial charge in [0, 0.05) is 53.4 Å². The smallest absolute Gasteiger partial charge is 0.123 e. The zero-order chi connectivity index (χ0) is 18.9. The number of H-pyrrole nitrogens is 2. The van der Waals surface area contributed by atoms with Crippen molar-refractivity contribution in [3.8, 4) is 11.3 Å². The molecule has 2 N–H and O–H groups in total. The lowest BCUT2D eigenvalue weighted by atomic mass is 9.98. The molecular formula is C23H21FN4. The Morgan fingerprint density at radius 1 is 1.11 bits per heavy atom. The molecule has 0 unspecified atom stereocenters. The van der Waals surface area contributed by atoms with E-state index in [1.807, 2.05) is 12.3 Å². The highest BCUT2D eigenvalue weighted by atomic mass is 19.1. The number of rotatable bonds is 4. The van der Waals surface area contributed by atoms with Gasteiger partial charge in [-0.25, -0.2) is 4.39 Å². The van der Waals surface area contributed by atoms with Crippen molar-refractivity contribution in [2.75, 3.05) is 13.1 Å². The summed E-state index contributed by atoms with van der Waals surface area (Å²) in [7, 11) is 0. The molecule has 0 aliphatic carbocycles. The minimum absolute atomic E-state index is 0.234. The molecule has 5 heteroatoms. The Hall–Kier alpha value is -3.18. The maximum atomic E-state index is 13.6. The zero-order valence-corrected chi connectivity index (χ0v) is 15.5. The van der Waals surface area contributed by atoms with Crippen LogP contribution >= 0.6 is 0 Å². The first-order chi connectivity index (χ1) is 13.8. The van der Waals surface area contributed by atoms with Crippen LogP contribution in [0.4, 0.5) is 4.39 Å². The highest BCUT2D eigenvalue weighted by Crippen LogP contribution is 2.30. The molecule has 140 valence electrons. The molecule has 0 saturated heterocycles. The number of hydrogen-bond donors (Lipinski definition) is 2. The van der Waals surface area contributed by atoms with Gasteiger partial charge in [-0.05, 0) is 30.2 Å². The lowest BCUT2D eigenvalue weighted by molar-refractivity contribution is 0.294. The van der Waals surface area contributed by atoms with E-state index in [9.17, 15) is 4.39 Å². The fourth-order valence-electron chi connectivity index (χ4n) is 4.00. The van der Waals surface area contributed by atoms with E-state index >= 15 is 0 Å². The van der Waals surface area contributed by atoms with Crippen LogP contribution in [0.1, 0.15) is 17.5 Å². The third kappa shape index (κ3) is 3.14. The Morgan fingerprint density at radius 2 is 2.04 bits per heavy atom. The first-order valence-electron chi connectivity index (χ1n) is 9.54. The van der Waals surface area contributed by atoms with Crippen molar-refractivity contribution < 1.29 is 4.39 Å². The fourth-order valence-corrected chi connectivity index (χ4v) is 4.00. The Bertz CT molecular complexity index is 1150. The molecule has 5 rings (SSSR count). The number of nitrogens with zero attached hydrogens (tertiary/aromatic N) is 2. The summed E-state index contributed by atoms with van der Waals surface area (Å²) in [6, 6.07) is 15.1. The van der Waals surface area contributed by atoms with Crippen LogP contribution in [0.25, 0.3) is 27.7 Å². The van der Waals surface area contributed by atoms with Gasteiger partial charge in [-0.15, -0.1) is 0 Å². The predicted molar refractivity (Wildman–Crippen MR) is 110 cm³/mol. The number of para-hydroxylation sites is 1. The summed E-state index contributed by atoms with van der Waals surface area (Å²) in [6.07, 6.45) is 7.29. The Balaban J connectivity index is 1.34. The molecular weight excluding hydrogens is 351 g/mol. The van der Waals surface area contributed by atoms with Gasteiger partial charge in [-0.3, -0.25) is 10.00 Å². The van der Waals surface area contributed by atoms with Gasteiger partial charge < -0.3 is 4.98 Å². The lowest BCUT2D eigenvalue weighted by Gasteiger charge is -2.26. The van der Waals surface area contributed by atoms with E-state index in [0.29, 0.717) is 0 Å². The van der Waals surface area contributed by atoms with Crippen LogP contribution in [0.3, 0.4) is 0 Å². The van der Waals surface area contributed by atoms with E-state index < -0.39 is 0 Å². The summed E-state index contributed by atoms with van der Waals surface area (Å²) < 4.78 is 13.6. The van der Waals surface area contributed by atoms with E-state index in [4.69, 9.17) is 0 Å². The molecule has 2 aromatic carbocycles. The van der Waals surface area contributed by atoms with Crippen molar-refractivity contribution in [3.63, 3.8) is 0 Å². The third-order valence-electron chi connectivity index (χ3n) is 5.45. The third-order valence-corrected chi connectivity index (χ3v) is 5.45. The van der Waals surface area contributed by atoms with Crippen molar-refractivity contribution in [3.05, 3.63) is 83.9 Å². The minimum Gasteiger partial charge on any atom is -0.361 e. The molecule has 0 atom stereocenters. The molecule has 4 aromatic rings. The molecule has 0 fully saturated rings.